The first kappa shape index (κ1) is 23.8. The van der Waals surface area contributed by atoms with Crippen molar-refractivity contribution in [1.29, 1.82) is 0 Å². The number of hydrogen-bond acceptors (Lipinski definition) is 4. The molecule has 4 rings (SSSR count). The van der Waals surface area contributed by atoms with E-state index in [-0.39, 0.29) is 37.2 Å². The Morgan fingerprint density at radius 3 is 2.71 bits per heavy atom. The molecule has 0 unspecified atom stereocenters. The molecule has 34 heavy (non-hydrogen) atoms. The van der Waals surface area contributed by atoms with Gasteiger partial charge in [-0.15, -0.1) is 5.10 Å². The first-order chi connectivity index (χ1) is 16.2. The smallest absolute Gasteiger partial charge is 0.367 e. The van der Waals surface area contributed by atoms with Crippen LogP contribution in [-0.4, -0.2) is 40.9 Å². The number of ether oxygens (including phenoxy) is 1. The topological polar surface area (TPSA) is 85.2 Å². The normalized spacial score (nSPS) is 15.9. The summed E-state index contributed by atoms with van der Waals surface area (Å²) in [5, 5.41) is 10.3. The van der Waals surface area contributed by atoms with Gasteiger partial charge in [0.1, 0.15) is 6.61 Å². The minimum Gasteiger partial charge on any atom is -0.367 e. The molecule has 2 N–H and O–H groups in total. The predicted molar refractivity (Wildman–Crippen MR) is 119 cm³/mol. The number of alkyl halides is 3. The van der Waals surface area contributed by atoms with Gasteiger partial charge in [-0.3, -0.25) is 9.59 Å². The number of hydrogen-bond donors (Lipinski definition) is 2. The van der Waals surface area contributed by atoms with E-state index < -0.39 is 18.7 Å². The van der Waals surface area contributed by atoms with Gasteiger partial charge >= 0.3 is 6.18 Å². The van der Waals surface area contributed by atoms with Crippen LogP contribution in [0.3, 0.4) is 0 Å². The third-order valence-electron chi connectivity index (χ3n) is 5.12. The second-order valence-corrected chi connectivity index (χ2v) is 8.25. The molecule has 7 nitrogen and oxygen atoms in total. The van der Waals surface area contributed by atoms with Crippen molar-refractivity contribution in [3.8, 4) is 16.9 Å². The number of amides is 2. The van der Waals surface area contributed by atoms with Crippen LogP contribution in [0.25, 0.3) is 16.9 Å². The van der Waals surface area contributed by atoms with Gasteiger partial charge in [-0.2, -0.15) is 13.2 Å². The number of halogens is 4. The first-order valence-corrected chi connectivity index (χ1v) is 10.7. The maximum Gasteiger partial charge on any atom is 0.411 e. The van der Waals surface area contributed by atoms with Crippen molar-refractivity contribution in [3.63, 3.8) is 0 Å². The van der Waals surface area contributed by atoms with Crippen LogP contribution in [0, 0.1) is 5.92 Å². The quantitative estimate of drug-likeness (QED) is 0.513. The van der Waals surface area contributed by atoms with Gasteiger partial charge in [0.15, 0.2) is 5.82 Å². The Labute approximate surface area is 197 Å². The zero-order chi connectivity index (χ0) is 24.3. The summed E-state index contributed by atoms with van der Waals surface area (Å²) in [5.41, 5.74) is 2.40. The van der Waals surface area contributed by atoms with Crippen molar-refractivity contribution in [2.75, 3.05) is 18.5 Å². The summed E-state index contributed by atoms with van der Waals surface area (Å²) in [6.07, 6.45) is -4.30. The molecular formula is C23H20ClF3N4O3. The van der Waals surface area contributed by atoms with E-state index >= 15 is 0 Å². The molecule has 1 aliphatic heterocycles. The summed E-state index contributed by atoms with van der Waals surface area (Å²) < 4.78 is 43.6. The molecule has 11 heteroatoms. The lowest BCUT2D eigenvalue weighted by Gasteiger charge is -2.10. The van der Waals surface area contributed by atoms with Gasteiger partial charge < -0.3 is 15.4 Å². The van der Waals surface area contributed by atoms with Crippen LogP contribution in [0.1, 0.15) is 12.0 Å². The highest BCUT2D eigenvalue weighted by Gasteiger charge is 2.29. The lowest BCUT2D eigenvalue weighted by Crippen LogP contribution is -2.24. The summed E-state index contributed by atoms with van der Waals surface area (Å²) in [6.45, 7) is -1.30. The lowest BCUT2D eigenvalue weighted by molar-refractivity contribution is -0.176. The molecule has 1 fully saturated rings. The average Bonchev–Trinajstić information content (AvgIpc) is 3.40. The molecule has 0 saturated carbocycles. The lowest BCUT2D eigenvalue weighted by atomic mass is 10.1. The van der Waals surface area contributed by atoms with Crippen LogP contribution in [0.2, 0.25) is 5.02 Å². The van der Waals surface area contributed by atoms with Gasteiger partial charge in [-0.1, -0.05) is 35.9 Å². The Balaban J connectivity index is 1.63. The van der Waals surface area contributed by atoms with Crippen LogP contribution in [0.4, 0.5) is 19.0 Å². The maximum atomic E-state index is 12.6. The van der Waals surface area contributed by atoms with Gasteiger partial charge in [0, 0.05) is 29.6 Å². The molecule has 1 saturated heterocycles. The Hall–Kier alpha value is -3.37. The SMILES string of the molecule is O=C1C[C@H](C(=O)Nc2cc(-c3cccc(COCC(F)(F)F)c3)n(-c3cccc(Cl)c3)n2)CN1. The van der Waals surface area contributed by atoms with Crippen LogP contribution < -0.4 is 10.6 Å². The third-order valence-corrected chi connectivity index (χ3v) is 5.35. The number of carbonyl (C=O) groups is 2. The number of nitrogens with zero attached hydrogens (tertiary/aromatic N) is 2. The van der Waals surface area contributed by atoms with Crippen molar-refractivity contribution < 1.29 is 27.5 Å². The van der Waals surface area contributed by atoms with E-state index in [1.54, 1.807) is 59.3 Å². The van der Waals surface area contributed by atoms with E-state index in [1.165, 1.54) is 0 Å². The highest BCUT2D eigenvalue weighted by Crippen LogP contribution is 2.29. The molecule has 1 atom stereocenters. The van der Waals surface area contributed by atoms with Crippen molar-refractivity contribution in [3.05, 3.63) is 65.2 Å². The predicted octanol–water partition coefficient (Wildman–Crippen LogP) is 4.35. The molecule has 2 aromatic carbocycles. The Bertz CT molecular complexity index is 1210. The summed E-state index contributed by atoms with van der Waals surface area (Å²) in [5.74, 6) is -0.760. The monoisotopic (exact) mass is 492 g/mol. The molecule has 0 spiro atoms. The summed E-state index contributed by atoms with van der Waals surface area (Å²) in [7, 11) is 0. The van der Waals surface area contributed by atoms with Gasteiger partial charge in [0.25, 0.3) is 0 Å². The number of rotatable bonds is 7. The molecule has 1 aliphatic rings. The van der Waals surface area contributed by atoms with Gasteiger partial charge in [-0.25, -0.2) is 4.68 Å². The van der Waals surface area contributed by atoms with Gasteiger partial charge in [0.2, 0.25) is 11.8 Å². The molecule has 3 aromatic rings. The largest absolute Gasteiger partial charge is 0.411 e. The van der Waals surface area contributed by atoms with E-state index in [2.05, 4.69) is 15.7 Å². The minimum absolute atomic E-state index is 0.105. The van der Waals surface area contributed by atoms with Crippen molar-refractivity contribution >= 4 is 29.2 Å². The zero-order valence-electron chi connectivity index (χ0n) is 17.7. The fourth-order valence-corrected chi connectivity index (χ4v) is 3.76. The van der Waals surface area contributed by atoms with Crippen molar-refractivity contribution in [2.45, 2.75) is 19.2 Å². The number of anilines is 1. The standard InChI is InChI=1S/C23H20ClF3N4O3/c24-17-5-2-6-18(9-17)31-19(10-20(30-31)29-22(33)16-8-21(32)28-11-16)15-4-1-3-14(7-15)12-34-13-23(25,26)27/h1-7,9-10,16H,8,11-13H2,(H,28,32)(H,29,30,33)/t16-/m0/s1. The summed E-state index contributed by atoms with van der Waals surface area (Å²) in [6, 6.07) is 15.4. The van der Waals surface area contributed by atoms with Gasteiger partial charge in [-0.05, 0) is 29.8 Å². The van der Waals surface area contributed by atoms with E-state index in [0.717, 1.165) is 0 Å². The second kappa shape index (κ2) is 9.86. The zero-order valence-corrected chi connectivity index (χ0v) is 18.5. The Morgan fingerprint density at radius 1 is 1.21 bits per heavy atom. The van der Waals surface area contributed by atoms with E-state index in [9.17, 15) is 22.8 Å². The van der Waals surface area contributed by atoms with Crippen molar-refractivity contribution in [2.24, 2.45) is 5.92 Å². The van der Waals surface area contributed by atoms with E-state index in [4.69, 9.17) is 16.3 Å². The molecule has 0 aliphatic carbocycles. The Morgan fingerprint density at radius 2 is 2.00 bits per heavy atom. The van der Waals surface area contributed by atoms with Gasteiger partial charge in [0.05, 0.1) is 23.9 Å². The third kappa shape index (κ3) is 5.95. The number of nitrogens with one attached hydrogen (secondary N) is 2. The number of benzene rings is 2. The fourth-order valence-electron chi connectivity index (χ4n) is 3.58. The average molecular weight is 493 g/mol. The molecule has 1 aromatic heterocycles. The highest BCUT2D eigenvalue weighted by molar-refractivity contribution is 6.30. The fraction of sp³-hybridized carbons (Fsp3) is 0.261. The number of carbonyl (C=O) groups excluding carboxylic acids is 2. The van der Waals surface area contributed by atoms with E-state index in [0.29, 0.717) is 27.5 Å². The first-order valence-electron chi connectivity index (χ1n) is 10.4. The van der Waals surface area contributed by atoms with Crippen LogP contribution in [0.15, 0.2) is 54.6 Å². The highest BCUT2D eigenvalue weighted by atomic mass is 35.5. The molecular weight excluding hydrogens is 473 g/mol. The molecule has 2 heterocycles. The minimum atomic E-state index is -4.41. The Kier molecular flexibility index (Phi) is 6.90. The molecule has 0 radical (unpaired) electrons. The second-order valence-electron chi connectivity index (χ2n) is 7.81. The van der Waals surface area contributed by atoms with Crippen molar-refractivity contribution in [1.82, 2.24) is 15.1 Å². The summed E-state index contributed by atoms with van der Waals surface area (Å²) >= 11 is 6.15. The maximum absolute atomic E-state index is 12.6. The number of aromatic nitrogens is 2. The van der Waals surface area contributed by atoms with Crippen LogP contribution in [0.5, 0.6) is 0 Å². The summed E-state index contributed by atoms with van der Waals surface area (Å²) in [4.78, 5) is 24.0. The van der Waals surface area contributed by atoms with Crippen LogP contribution in [-0.2, 0) is 20.9 Å². The molecule has 2 amide bonds. The molecule has 178 valence electrons. The van der Waals surface area contributed by atoms with E-state index in [1.807, 2.05) is 0 Å². The van der Waals surface area contributed by atoms with Crippen LogP contribution >= 0.6 is 11.6 Å². The molecule has 0 bridgehead atoms.